The molecule has 0 saturated carbocycles. The van der Waals surface area contributed by atoms with Crippen LogP contribution in [0.1, 0.15) is 0 Å². The Balaban J connectivity index is 1.18. The minimum atomic E-state index is -3.88. The fraction of sp³-hybridized carbons (Fsp3) is 0. The number of hydrogen-bond acceptors (Lipinski definition) is 4. The van der Waals surface area contributed by atoms with Crippen molar-refractivity contribution in [1.29, 1.82) is 0 Å². The van der Waals surface area contributed by atoms with Gasteiger partial charge in [-0.3, -0.25) is 4.72 Å². The Hall–Kier alpha value is -5.63. The van der Waals surface area contributed by atoms with Crippen LogP contribution >= 0.6 is 11.8 Å². The maximum atomic E-state index is 13.6. The third-order valence-electron chi connectivity index (χ3n) is 8.20. The maximum Gasteiger partial charge on any atom is 0.261 e. The smallest absolute Gasteiger partial charge is 0.261 e. The summed E-state index contributed by atoms with van der Waals surface area (Å²) in [5.74, 6) is 1.49. The van der Waals surface area contributed by atoms with Crippen LogP contribution in [0.5, 0.6) is 11.5 Å². The Morgan fingerprint density at radius 2 is 1.04 bits per heavy atom. The lowest BCUT2D eigenvalue weighted by Crippen LogP contribution is -2.36. The van der Waals surface area contributed by atoms with Crippen molar-refractivity contribution < 1.29 is 17.7 Å². The highest BCUT2D eigenvalue weighted by molar-refractivity contribution is 7.99. The van der Waals surface area contributed by atoms with Gasteiger partial charge in [0.25, 0.3) is 10.0 Å². The molecule has 1 N–H and O–H groups in total. The van der Waals surface area contributed by atoms with E-state index in [0.29, 0.717) is 11.4 Å². The van der Waals surface area contributed by atoms with Crippen molar-refractivity contribution in [3.63, 3.8) is 0 Å². The number of nitrogens with zero attached hydrogens (tertiary/aromatic N) is 1. The zero-order valence-electron chi connectivity index (χ0n) is 25.7. The Kier molecular flexibility index (Phi) is 7.76. The van der Waals surface area contributed by atoms with Gasteiger partial charge in [-0.05, 0) is 77.9 Å². The standard InChI is InChI=1S/C41H29N2O3S2/c44-48(45,42-33-20-25-39-41(28-33)47-40-19-11-10-18-38(40)46-39)35-23-21-34(22-24-35)43-36(30-14-6-2-7-15-30)26-32(29-12-4-1-5-13-29)27-37(43)31-16-8-3-9-17-31/h1-28,42H/q+1. The van der Waals surface area contributed by atoms with Gasteiger partial charge in [0.2, 0.25) is 17.1 Å². The molecule has 0 spiro atoms. The Morgan fingerprint density at radius 3 is 1.67 bits per heavy atom. The van der Waals surface area contributed by atoms with Crippen LogP contribution in [0.15, 0.2) is 185 Å². The van der Waals surface area contributed by atoms with Gasteiger partial charge in [0.05, 0.1) is 20.4 Å². The second kappa shape index (κ2) is 12.5. The zero-order valence-corrected chi connectivity index (χ0v) is 27.3. The Morgan fingerprint density at radius 1 is 0.500 bits per heavy atom. The van der Waals surface area contributed by atoms with Crippen molar-refractivity contribution in [3.8, 4) is 50.8 Å². The first-order chi connectivity index (χ1) is 23.5. The van der Waals surface area contributed by atoms with Crippen molar-refractivity contribution in [3.05, 3.63) is 170 Å². The summed E-state index contributed by atoms with van der Waals surface area (Å²) in [6.07, 6.45) is 0. The monoisotopic (exact) mass is 661 g/mol. The van der Waals surface area contributed by atoms with Crippen molar-refractivity contribution in [1.82, 2.24) is 0 Å². The molecule has 0 saturated heterocycles. The number of nitrogens with one attached hydrogen (secondary N) is 1. The van der Waals surface area contributed by atoms with Crippen LogP contribution in [0.3, 0.4) is 0 Å². The van der Waals surface area contributed by atoms with Crippen molar-refractivity contribution >= 4 is 27.5 Å². The summed E-state index contributed by atoms with van der Waals surface area (Å²) in [4.78, 5) is 2.00. The average molecular weight is 662 g/mol. The van der Waals surface area contributed by atoms with Gasteiger partial charge in [-0.25, -0.2) is 8.42 Å². The summed E-state index contributed by atoms with van der Waals surface area (Å²) in [5, 5.41) is 0. The number of pyridine rings is 1. The molecule has 1 aliphatic heterocycles. The molecular weight excluding hydrogens is 633 g/mol. The van der Waals surface area contributed by atoms with Gasteiger partial charge < -0.3 is 4.74 Å². The first-order valence-electron chi connectivity index (χ1n) is 15.5. The van der Waals surface area contributed by atoms with Gasteiger partial charge in [-0.15, -0.1) is 0 Å². The third-order valence-corrected chi connectivity index (χ3v) is 10.7. The molecule has 0 bridgehead atoms. The van der Waals surface area contributed by atoms with E-state index in [0.717, 1.165) is 54.9 Å². The van der Waals surface area contributed by atoms with E-state index in [1.54, 1.807) is 36.0 Å². The minimum absolute atomic E-state index is 0.169. The predicted molar refractivity (Wildman–Crippen MR) is 192 cm³/mol. The van der Waals surface area contributed by atoms with Gasteiger partial charge in [0.1, 0.15) is 11.5 Å². The number of anilines is 1. The molecule has 1 aromatic heterocycles. The van der Waals surface area contributed by atoms with Gasteiger partial charge in [0.15, 0.2) is 0 Å². The molecular formula is C41H29N2O3S2+. The van der Waals surface area contributed by atoms with Crippen LogP contribution in [0, 0.1) is 0 Å². The normalized spacial score (nSPS) is 12.0. The summed E-state index contributed by atoms with van der Waals surface area (Å²) in [7, 11) is -3.88. The number of sulfonamides is 1. The van der Waals surface area contributed by atoms with E-state index in [2.05, 4.69) is 57.8 Å². The second-order valence-electron chi connectivity index (χ2n) is 11.4. The number of benzene rings is 6. The van der Waals surface area contributed by atoms with Gasteiger partial charge >= 0.3 is 0 Å². The number of para-hydroxylation sites is 1. The molecule has 0 atom stereocenters. The van der Waals surface area contributed by atoms with Crippen molar-refractivity contribution in [2.75, 3.05) is 4.72 Å². The molecule has 7 heteroatoms. The van der Waals surface area contributed by atoms with Crippen LogP contribution in [0.2, 0.25) is 0 Å². The zero-order chi connectivity index (χ0) is 32.5. The average Bonchev–Trinajstić information content (AvgIpc) is 3.14. The summed E-state index contributed by atoms with van der Waals surface area (Å²) in [5.41, 5.74) is 7.57. The number of rotatable bonds is 7. The summed E-state index contributed by atoms with van der Waals surface area (Å²) >= 11 is 1.55. The minimum Gasteiger partial charge on any atom is -0.455 e. The highest BCUT2D eigenvalue weighted by Crippen LogP contribution is 2.47. The molecule has 2 heterocycles. The van der Waals surface area contributed by atoms with Crippen molar-refractivity contribution in [2.45, 2.75) is 14.7 Å². The molecule has 5 nitrogen and oxygen atoms in total. The van der Waals surface area contributed by atoms with Crippen molar-refractivity contribution in [2.24, 2.45) is 0 Å². The molecule has 0 radical (unpaired) electrons. The number of aromatic nitrogens is 1. The molecule has 0 unspecified atom stereocenters. The SMILES string of the molecule is O=S(=O)(Nc1ccc2c(c1)Sc1ccccc1O2)c1ccc(-[n+]2c(-c3ccccc3)cc(-c3ccccc3)cc2-c2ccccc2)cc1. The number of fused-ring (bicyclic) bond motifs is 2. The van der Waals surface area contributed by atoms with E-state index in [4.69, 9.17) is 4.74 Å². The van der Waals surface area contributed by atoms with E-state index >= 15 is 0 Å². The molecule has 0 amide bonds. The number of ether oxygens (including phenoxy) is 1. The van der Waals surface area contributed by atoms with E-state index in [-0.39, 0.29) is 4.90 Å². The van der Waals surface area contributed by atoms with Crippen LogP contribution < -0.4 is 14.0 Å². The molecule has 1 aliphatic rings. The van der Waals surface area contributed by atoms with E-state index in [9.17, 15) is 8.42 Å². The molecule has 232 valence electrons. The molecule has 48 heavy (non-hydrogen) atoms. The topological polar surface area (TPSA) is 59.3 Å². The lowest BCUT2D eigenvalue weighted by molar-refractivity contribution is -0.572. The lowest BCUT2D eigenvalue weighted by Gasteiger charge is -2.20. The molecule has 7 aromatic rings. The largest absolute Gasteiger partial charge is 0.455 e. The fourth-order valence-electron chi connectivity index (χ4n) is 5.89. The van der Waals surface area contributed by atoms with Crippen LogP contribution in [0.4, 0.5) is 5.69 Å². The Bertz CT molecular complexity index is 2300. The molecule has 0 fully saturated rings. The summed E-state index contributed by atoms with van der Waals surface area (Å²) in [6.45, 7) is 0. The fourth-order valence-corrected chi connectivity index (χ4v) is 7.93. The molecule has 0 aliphatic carbocycles. The lowest BCUT2D eigenvalue weighted by atomic mass is 9.98. The molecule has 6 aromatic carbocycles. The summed E-state index contributed by atoms with van der Waals surface area (Å²) in [6, 6.07) is 55.4. The van der Waals surface area contributed by atoms with Gasteiger partial charge in [0, 0.05) is 35.4 Å². The highest BCUT2D eigenvalue weighted by atomic mass is 32.2. The highest BCUT2D eigenvalue weighted by Gasteiger charge is 2.26. The van der Waals surface area contributed by atoms with Crippen LogP contribution in [-0.2, 0) is 10.0 Å². The van der Waals surface area contributed by atoms with E-state index < -0.39 is 10.0 Å². The van der Waals surface area contributed by atoms with Crippen LogP contribution in [-0.4, -0.2) is 8.42 Å². The van der Waals surface area contributed by atoms with Gasteiger partial charge in [-0.2, -0.15) is 4.57 Å². The van der Waals surface area contributed by atoms with Crippen LogP contribution in [0.25, 0.3) is 39.3 Å². The van der Waals surface area contributed by atoms with E-state index in [1.165, 1.54) is 0 Å². The summed E-state index contributed by atoms with van der Waals surface area (Å²) < 4.78 is 38.3. The third kappa shape index (κ3) is 5.86. The maximum absolute atomic E-state index is 13.6. The quantitative estimate of drug-likeness (QED) is 0.173. The first kappa shape index (κ1) is 29.8. The van der Waals surface area contributed by atoms with Gasteiger partial charge in [-0.1, -0.05) is 90.6 Å². The molecule has 8 rings (SSSR count). The number of hydrogen-bond donors (Lipinski definition) is 1. The first-order valence-corrected chi connectivity index (χ1v) is 17.8. The Labute approximate surface area is 284 Å². The second-order valence-corrected chi connectivity index (χ2v) is 14.1. The van der Waals surface area contributed by atoms with E-state index in [1.807, 2.05) is 97.1 Å². The predicted octanol–water partition coefficient (Wildman–Crippen LogP) is 10.0.